The maximum absolute atomic E-state index is 12.2. The summed E-state index contributed by atoms with van der Waals surface area (Å²) in [5.74, 6) is 2.40. The number of nitrogens with two attached hydrogens (primary N) is 1. The van der Waals surface area contributed by atoms with Gasteiger partial charge in [-0.15, -0.1) is 0 Å². The summed E-state index contributed by atoms with van der Waals surface area (Å²) in [5, 5.41) is 8.98. The van der Waals surface area contributed by atoms with Crippen LogP contribution in [-0.2, 0) is 4.79 Å². The van der Waals surface area contributed by atoms with Crippen molar-refractivity contribution in [2.24, 2.45) is 28.9 Å². The van der Waals surface area contributed by atoms with E-state index in [1.54, 1.807) is 12.1 Å². The van der Waals surface area contributed by atoms with Crippen molar-refractivity contribution in [1.29, 1.82) is 5.26 Å². The molecule has 1 aromatic carbocycles. The van der Waals surface area contributed by atoms with Crippen LogP contribution < -0.4 is 5.73 Å². The van der Waals surface area contributed by atoms with E-state index in [0.29, 0.717) is 11.0 Å². The van der Waals surface area contributed by atoms with Gasteiger partial charge in [-0.1, -0.05) is 12.1 Å². The van der Waals surface area contributed by atoms with Crippen LogP contribution in [0, 0.1) is 34.5 Å². The summed E-state index contributed by atoms with van der Waals surface area (Å²) in [5.41, 5.74) is 7.64. The molecule has 132 valence electrons. The van der Waals surface area contributed by atoms with Gasteiger partial charge in [0.05, 0.1) is 11.6 Å². The molecule has 4 aliphatic carbocycles. The minimum Gasteiger partial charge on any atom is -0.368 e. The number of nitriles is 1. The predicted molar refractivity (Wildman–Crippen MR) is 96.3 cm³/mol. The number of benzene rings is 1. The summed E-state index contributed by atoms with van der Waals surface area (Å²) in [6, 6.07) is 8.97. The van der Waals surface area contributed by atoms with Crippen molar-refractivity contribution in [3.63, 3.8) is 0 Å². The van der Waals surface area contributed by atoms with Crippen molar-refractivity contribution in [1.82, 2.24) is 4.90 Å². The van der Waals surface area contributed by atoms with Gasteiger partial charge in [-0.2, -0.15) is 5.26 Å². The van der Waals surface area contributed by atoms with Gasteiger partial charge in [0.1, 0.15) is 6.04 Å². The zero-order chi connectivity index (χ0) is 17.6. The fourth-order valence-corrected chi connectivity index (χ4v) is 6.48. The molecule has 1 aromatic rings. The van der Waals surface area contributed by atoms with E-state index in [-0.39, 0.29) is 5.91 Å². The fourth-order valence-electron chi connectivity index (χ4n) is 6.48. The molecule has 0 radical (unpaired) electrons. The third-order valence-electron chi connectivity index (χ3n) is 6.82. The maximum atomic E-state index is 12.2. The predicted octanol–water partition coefficient (Wildman–Crippen LogP) is 3.23. The number of primary amides is 1. The second kappa shape index (κ2) is 6.14. The largest absolute Gasteiger partial charge is 0.368 e. The molecule has 0 heterocycles. The van der Waals surface area contributed by atoms with Crippen molar-refractivity contribution >= 4 is 5.91 Å². The van der Waals surface area contributed by atoms with E-state index in [4.69, 9.17) is 11.0 Å². The monoisotopic (exact) mass is 337 g/mol. The summed E-state index contributed by atoms with van der Waals surface area (Å²) >= 11 is 0. The number of hydrogen-bond donors (Lipinski definition) is 1. The number of nitrogens with zero attached hydrogens (tertiary/aromatic N) is 2. The molecule has 1 amide bonds. The van der Waals surface area contributed by atoms with E-state index in [0.717, 1.165) is 29.9 Å². The summed E-state index contributed by atoms with van der Waals surface area (Å²) in [6.07, 6.45) is 8.25. The lowest BCUT2D eigenvalue weighted by Gasteiger charge is -2.58. The molecule has 4 aliphatic rings. The molecule has 4 heteroatoms. The molecule has 5 rings (SSSR count). The van der Waals surface area contributed by atoms with Gasteiger partial charge in [-0.3, -0.25) is 9.69 Å². The summed E-state index contributed by atoms with van der Waals surface area (Å²) in [4.78, 5) is 14.4. The average Bonchev–Trinajstić information content (AvgIpc) is 2.53. The van der Waals surface area contributed by atoms with Crippen LogP contribution in [0.15, 0.2) is 24.3 Å². The molecule has 4 nitrogen and oxygen atoms in total. The van der Waals surface area contributed by atoms with Gasteiger partial charge in [-0.25, -0.2) is 0 Å². The Bertz CT molecular complexity index is 668. The summed E-state index contributed by atoms with van der Waals surface area (Å²) < 4.78 is 0. The van der Waals surface area contributed by atoms with E-state index in [2.05, 4.69) is 11.0 Å². The lowest BCUT2D eigenvalue weighted by Crippen LogP contribution is -2.52. The Hall–Kier alpha value is -1.86. The molecular weight excluding hydrogens is 310 g/mol. The number of carbonyl (C=O) groups excluding carboxylic acids is 1. The first-order valence-corrected chi connectivity index (χ1v) is 9.48. The molecule has 0 saturated heterocycles. The van der Waals surface area contributed by atoms with Crippen LogP contribution in [0.2, 0.25) is 0 Å². The first-order chi connectivity index (χ1) is 12.0. The topological polar surface area (TPSA) is 70.1 Å². The second-order valence-corrected chi connectivity index (χ2v) is 8.87. The third kappa shape index (κ3) is 3.06. The van der Waals surface area contributed by atoms with Crippen LogP contribution >= 0.6 is 0 Å². The van der Waals surface area contributed by atoms with Gasteiger partial charge in [0, 0.05) is 6.54 Å². The number of hydrogen-bond acceptors (Lipinski definition) is 3. The Balaban J connectivity index is 1.54. The van der Waals surface area contributed by atoms with Crippen molar-refractivity contribution in [2.75, 3.05) is 13.6 Å². The highest BCUT2D eigenvalue weighted by Crippen LogP contribution is 2.60. The Kier molecular flexibility index (Phi) is 4.08. The number of amides is 1. The summed E-state index contributed by atoms with van der Waals surface area (Å²) in [6.45, 7) is 0.949. The molecule has 0 aromatic heterocycles. The van der Waals surface area contributed by atoms with Gasteiger partial charge in [-0.05, 0) is 86.4 Å². The van der Waals surface area contributed by atoms with Crippen LogP contribution in [0.1, 0.15) is 55.7 Å². The molecule has 4 bridgehead atoms. The fraction of sp³-hybridized carbons (Fsp3) is 0.619. The molecule has 4 saturated carbocycles. The summed E-state index contributed by atoms with van der Waals surface area (Å²) in [7, 11) is 2.03. The van der Waals surface area contributed by atoms with Gasteiger partial charge in [0.2, 0.25) is 5.91 Å². The maximum Gasteiger partial charge on any atom is 0.239 e. The van der Waals surface area contributed by atoms with Gasteiger partial charge in [0.15, 0.2) is 0 Å². The Morgan fingerprint density at radius 1 is 1.20 bits per heavy atom. The molecular formula is C21H27N3O. The van der Waals surface area contributed by atoms with Crippen molar-refractivity contribution in [3.05, 3.63) is 35.4 Å². The minimum absolute atomic E-state index is 0.308. The lowest BCUT2D eigenvalue weighted by atomic mass is 9.49. The van der Waals surface area contributed by atoms with Crippen LogP contribution in [0.5, 0.6) is 0 Å². The molecule has 0 aliphatic heterocycles. The Labute approximate surface area is 150 Å². The number of rotatable bonds is 5. The molecule has 25 heavy (non-hydrogen) atoms. The van der Waals surface area contributed by atoms with Crippen molar-refractivity contribution < 1.29 is 4.79 Å². The van der Waals surface area contributed by atoms with E-state index < -0.39 is 6.04 Å². The van der Waals surface area contributed by atoms with Crippen LogP contribution in [-0.4, -0.2) is 24.4 Å². The van der Waals surface area contributed by atoms with Gasteiger partial charge >= 0.3 is 0 Å². The zero-order valence-electron chi connectivity index (χ0n) is 14.9. The normalized spacial score (nSPS) is 34.0. The first-order valence-electron chi connectivity index (χ1n) is 9.48. The zero-order valence-corrected chi connectivity index (χ0v) is 14.9. The SMILES string of the molecule is CN(CC12CC3CC(CC(C3)C1)C2)C(C(N)=O)c1ccc(C#N)cc1. The average molecular weight is 337 g/mol. The van der Waals surface area contributed by atoms with Gasteiger partial charge < -0.3 is 5.73 Å². The van der Waals surface area contributed by atoms with E-state index >= 15 is 0 Å². The first kappa shape index (κ1) is 16.6. The standard InChI is InChI=1S/C21H27N3O/c1-24(19(20(23)25)18-4-2-14(12-22)3-5-18)13-21-9-15-6-16(10-21)8-17(7-15)11-21/h2-5,15-17,19H,6-11,13H2,1H3,(H2,23,25). The third-order valence-corrected chi connectivity index (χ3v) is 6.82. The molecule has 1 unspecified atom stereocenters. The van der Waals surface area contributed by atoms with Crippen molar-refractivity contribution in [2.45, 2.75) is 44.6 Å². The second-order valence-electron chi connectivity index (χ2n) is 8.87. The van der Waals surface area contributed by atoms with Gasteiger partial charge in [0.25, 0.3) is 0 Å². The number of likely N-dealkylation sites (N-methyl/N-ethyl adjacent to an activating group) is 1. The quantitative estimate of drug-likeness (QED) is 0.897. The van der Waals surface area contributed by atoms with Crippen LogP contribution in [0.25, 0.3) is 0 Å². The van der Waals surface area contributed by atoms with Crippen LogP contribution in [0.4, 0.5) is 0 Å². The molecule has 2 N–H and O–H groups in total. The van der Waals surface area contributed by atoms with Crippen LogP contribution in [0.3, 0.4) is 0 Å². The Morgan fingerprint density at radius 3 is 2.16 bits per heavy atom. The lowest BCUT2D eigenvalue weighted by molar-refractivity contribution is -0.125. The highest BCUT2D eigenvalue weighted by atomic mass is 16.1. The highest BCUT2D eigenvalue weighted by Gasteiger charge is 2.51. The molecule has 0 spiro atoms. The molecule has 4 fully saturated rings. The number of carbonyl (C=O) groups is 1. The van der Waals surface area contributed by atoms with Crippen molar-refractivity contribution in [3.8, 4) is 6.07 Å². The highest BCUT2D eigenvalue weighted by molar-refractivity contribution is 5.81. The Morgan fingerprint density at radius 2 is 1.72 bits per heavy atom. The molecule has 1 atom stereocenters. The van der Waals surface area contributed by atoms with E-state index in [1.807, 2.05) is 19.2 Å². The minimum atomic E-state index is -0.416. The van der Waals surface area contributed by atoms with E-state index in [1.165, 1.54) is 38.5 Å². The van der Waals surface area contributed by atoms with E-state index in [9.17, 15) is 4.79 Å². The smallest absolute Gasteiger partial charge is 0.239 e.